The Hall–Kier alpha value is -2.33. The van der Waals surface area contributed by atoms with E-state index in [1.807, 2.05) is 0 Å². The molecule has 4 fully saturated rings. The number of carbonyl (C=O) groups excluding carboxylic acids is 1. The Kier molecular flexibility index (Phi) is 6.49. The Bertz CT molecular complexity index is 875. The molecular weight excluding hydrogens is 394 g/mol. The van der Waals surface area contributed by atoms with Gasteiger partial charge in [0, 0.05) is 50.0 Å². The summed E-state index contributed by atoms with van der Waals surface area (Å²) in [6.45, 7) is 5.16. The van der Waals surface area contributed by atoms with E-state index >= 15 is 0 Å². The van der Waals surface area contributed by atoms with Gasteiger partial charge in [0.2, 0.25) is 0 Å². The quantitative estimate of drug-likeness (QED) is 0.663. The molecule has 2 aromatic carbocycles. The smallest absolute Gasteiger partial charge is 0.253 e. The van der Waals surface area contributed by atoms with Crippen LogP contribution in [0.1, 0.15) is 48.0 Å². The number of benzene rings is 2. The first-order chi connectivity index (χ1) is 15.7. The number of nitrogens with zero attached hydrogens (tertiary/aromatic N) is 3. The third-order valence-electron chi connectivity index (χ3n) is 8.07. The third kappa shape index (κ3) is 4.85. The van der Waals surface area contributed by atoms with Crippen LogP contribution >= 0.6 is 0 Å². The van der Waals surface area contributed by atoms with E-state index in [-0.39, 0.29) is 5.91 Å². The lowest BCUT2D eigenvalue weighted by Gasteiger charge is -2.26. The second-order valence-electron chi connectivity index (χ2n) is 10.2. The summed E-state index contributed by atoms with van der Waals surface area (Å²) in [6, 6.07) is 19.8. The third-order valence-corrected chi connectivity index (χ3v) is 8.07. The van der Waals surface area contributed by atoms with Crippen LogP contribution in [0.4, 0.5) is 5.69 Å². The van der Waals surface area contributed by atoms with Gasteiger partial charge in [-0.05, 0) is 87.2 Å². The SMILES string of the molecule is CN(CCc1ccccc1)C1CCN(c2ccc(C(=O)N3CC4CCC(CC4)C3)cc2)C1. The first kappa shape index (κ1) is 21.5. The minimum atomic E-state index is 0.232. The van der Waals surface area contributed by atoms with Crippen molar-refractivity contribution in [3.8, 4) is 0 Å². The van der Waals surface area contributed by atoms with Crippen LogP contribution in [0.3, 0.4) is 0 Å². The highest BCUT2D eigenvalue weighted by atomic mass is 16.2. The average molecular weight is 432 g/mol. The number of rotatable bonds is 6. The van der Waals surface area contributed by atoms with Gasteiger partial charge in [-0.3, -0.25) is 4.79 Å². The maximum Gasteiger partial charge on any atom is 0.253 e. The van der Waals surface area contributed by atoms with Gasteiger partial charge in [0.05, 0.1) is 0 Å². The molecule has 1 aliphatic carbocycles. The van der Waals surface area contributed by atoms with Crippen molar-refractivity contribution in [2.75, 3.05) is 44.7 Å². The number of fused-ring (bicyclic) bond motifs is 4. The molecule has 1 unspecified atom stereocenters. The normalized spacial score (nSPS) is 25.4. The van der Waals surface area contributed by atoms with Gasteiger partial charge in [-0.1, -0.05) is 30.3 Å². The summed E-state index contributed by atoms with van der Waals surface area (Å²) in [7, 11) is 2.26. The number of likely N-dealkylation sites (N-methyl/N-ethyl adjacent to an activating group) is 1. The summed E-state index contributed by atoms with van der Waals surface area (Å²) in [5.41, 5.74) is 3.51. The molecule has 1 saturated carbocycles. The predicted molar refractivity (Wildman–Crippen MR) is 131 cm³/mol. The minimum absolute atomic E-state index is 0.232. The molecule has 2 aromatic rings. The molecule has 0 radical (unpaired) electrons. The second-order valence-corrected chi connectivity index (χ2v) is 10.2. The molecule has 32 heavy (non-hydrogen) atoms. The lowest BCUT2D eigenvalue weighted by molar-refractivity contribution is 0.0739. The first-order valence-corrected chi connectivity index (χ1v) is 12.5. The van der Waals surface area contributed by atoms with E-state index < -0.39 is 0 Å². The fraction of sp³-hybridized carbons (Fsp3) is 0.536. The molecule has 4 heteroatoms. The molecule has 1 atom stereocenters. The molecule has 0 N–H and O–H groups in total. The van der Waals surface area contributed by atoms with Gasteiger partial charge in [0.25, 0.3) is 5.91 Å². The van der Waals surface area contributed by atoms with Crippen molar-refractivity contribution in [2.45, 2.75) is 44.6 Å². The van der Waals surface area contributed by atoms with Crippen LogP contribution in [0.15, 0.2) is 54.6 Å². The van der Waals surface area contributed by atoms with Crippen molar-refractivity contribution in [1.29, 1.82) is 0 Å². The fourth-order valence-corrected chi connectivity index (χ4v) is 5.93. The molecule has 170 valence electrons. The van der Waals surface area contributed by atoms with Gasteiger partial charge in [-0.2, -0.15) is 0 Å². The van der Waals surface area contributed by atoms with Gasteiger partial charge in [-0.15, -0.1) is 0 Å². The van der Waals surface area contributed by atoms with E-state index in [4.69, 9.17) is 0 Å². The van der Waals surface area contributed by atoms with E-state index in [1.165, 1.54) is 43.4 Å². The van der Waals surface area contributed by atoms with E-state index in [1.54, 1.807) is 0 Å². The zero-order valence-corrected chi connectivity index (χ0v) is 19.5. The zero-order valence-electron chi connectivity index (χ0n) is 19.5. The number of hydrogen-bond acceptors (Lipinski definition) is 3. The standard InChI is InChI=1S/C28H37N3O/c1-29(17-15-22-5-3-2-4-6-22)27-16-18-30(21-27)26-13-11-25(12-14-26)28(32)31-19-23-7-8-24(20-31)10-9-23/h2-6,11-14,23-24,27H,7-10,15-21H2,1H3. The van der Waals surface area contributed by atoms with Gasteiger partial charge in [-0.25, -0.2) is 0 Å². The van der Waals surface area contributed by atoms with Gasteiger partial charge in [0.1, 0.15) is 0 Å². The molecular formula is C28H37N3O. The number of carbonyl (C=O) groups is 1. The van der Waals surface area contributed by atoms with Gasteiger partial charge >= 0.3 is 0 Å². The molecule has 3 heterocycles. The highest BCUT2D eigenvalue weighted by Crippen LogP contribution is 2.34. The Morgan fingerprint density at radius 2 is 1.53 bits per heavy atom. The lowest BCUT2D eigenvalue weighted by atomic mass is 9.84. The lowest BCUT2D eigenvalue weighted by Crippen LogP contribution is -2.36. The van der Waals surface area contributed by atoms with Crippen molar-refractivity contribution in [3.63, 3.8) is 0 Å². The molecule has 2 bridgehead atoms. The summed E-state index contributed by atoms with van der Waals surface area (Å²) in [6.07, 6.45) is 7.53. The van der Waals surface area contributed by atoms with Crippen molar-refractivity contribution in [2.24, 2.45) is 11.8 Å². The molecule has 4 aliphatic rings. The highest BCUT2D eigenvalue weighted by molar-refractivity contribution is 5.94. The Labute approximate surface area is 193 Å². The molecule has 0 spiro atoms. The molecule has 1 amide bonds. The maximum absolute atomic E-state index is 13.1. The Morgan fingerprint density at radius 3 is 2.19 bits per heavy atom. The fourth-order valence-electron chi connectivity index (χ4n) is 5.93. The molecule has 0 aromatic heterocycles. The predicted octanol–water partition coefficient (Wildman–Crippen LogP) is 4.70. The molecule has 3 saturated heterocycles. The topological polar surface area (TPSA) is 26.8 Å². The maximum atomic E-state index is 13.1. The molecule has 3 aliphatic heterocycles. The van der Waals surface area contributed by atoms with E-state index in [0.717, 1.165) is 56.5 Å². The first-order valence-electron chi connectivity index (χ1n) is 12.5. The summed E-state index contributed by atoms with van der Waals surface area (Å²) < 4.78 is 0. The van der Waals surface area contributed by atoms with Gasteiger partial charge < -0.3 is 14.7 Å². The number of hydrogen-bond donors (Lipinski definition) is 0. The van der Waals surface area contributed by atoms with Crippen LogP contribution in [-0.2, 0) is 6.42 Å². The molecule has 6 rings (SSSR count). The number of amides is 1. The van der Waals surface area contributed by atoms with Crippen LogP contribution in [-0.4, -0.2) is 61.5 Å². The second kappa shape index (κ2) is 9.66. The van der Waals surface area contributed by atoms with Crippen LogP contribution < -0.4 is 4.90 Å². The summed E-state index contributed by atoms with van der Waals surface area (Å²) in [5.74, 6) is 1.67. The largest absolute Gasteiger partial charge is 0.370 e. The van der Waals surface area contributed by atoms with Crippen molar-refractivity contribution in [3.05, 3.63) is 65.7 Å². The van der Waals surface area contributed by atoms with E-state index in [9.17, 15) is 4.79 Å². The summed E-state index contributed by atoms with van der Waals surface area (Å²) in [5, 5.41) is 0. The van der Waals surface area contributed by atoms with Gasteiger partial charge in [0.15, 0.2) is 0 Å². The van der Waals surface area contributed by atoms with Crippen molar-refractivity contribution in [1.82, 2.24) is 9.80 Å². The average Bonchev–Trinajstić information content (AvgIpc) is 3.14. The van der Waals surface area contributed by atoms with Crippen molar-refractivity contribution < 1.29 is 4.79 Å². The highest BCUT2D eigenvalue weighted by Gasteiger charge is 2.32. The van der Waals surface area contributed by atoms with Crippen LogP contribution in [0, 0.1) is 11.8 Å². The van der Waals surface area contributed by atoms with Crippen LogP contribution in [0.5, 0.6) is 0 Å². The zero-order chi connectivity index (χ0) is 21.9. The summed E-state index contributed by atoms with van der Waals surface area (Å²) in [4.78, 5) is 20.3. The minimum Gasteiger partial charge on any atom is -0.370 e. The summed E-state index contributed by atoms with van der Waals surface area (Å²) >= 11 is 0. The molecule has 4 nitrogen and oxygen atoms in total. The van der Waals surface area contributed by atoms with Crippen LogP contribution in [0.25, 0.3) is 0 Å². The Morgan fingerprint density at radius 1 is 0.875 bits per heavy atom. The Balaban J connectivity index is 1.15. The van der Waals surface area contributed by atoms with E-state index in [0.29, 0.717) is 6.04 Å². The number of anilines is 1. The van der Waals surface area contributed by atoms with E-state index in [2.05, 4.69) is 76.3 Å². The van der Waals surface area contributed by atoms with Crippen molar-refractivity contribution >= 4 is 11.6 Å². The monoisotopic (exact) mass is 431 g/mol. The van der Waals surface area contributed by atoms with Crippen LogP contribution in [0.2, 0.25) is 0 Å².